The van der Waals surface area contributed by atoms with Crippen molar-refractivity contribution in [1.82, 2.24) is 5.32 Å². The number of hydrogen-bond donors (Lipinski definition) is 1. The zero-order chi connectivity index (χ0) is 12.6. The van der Waals surface area contributed by atoms with Crippen LogP contribution in [-0.2, 0) is 0 Å². The Morgan fingerprint density at radius 3 is 1.94 bits per heavy atom. The van der Waals surface area contributed by atoms with Crippen LogP contribution in [0.5, 0.6) is 0 Å². The molecule has 0 aliphatic heterocycles. The van der Waals surface area contributed by atoms with Crippen LogP contribution in [0.2, 0.25) is 0 Å². The largest absolute Gasteiger partial charge is 0.307 e. The molecule has 0 heterocycles. The lowest BCUT2D eigenvalue weighted by Crippen LogP contribution is -2.24. The van der Waals surface area contributed by atoms with E-state index < -0.39 is 0 Å². The molecule has 94 valence electrons. The fraction of sp³-hybridized carbons (Fsp3) is 0.625. The second-order valence-corrected chi connectivity index (χ2v) is 6.46. The summed E-state index contributed by atoms with van der Waals surface area (Å²) in [4.78, 5) is 0. The van der Waals surface area contributed by atoms with Gasteiger partial charge in [0.1, 0.15) is 0 Å². The molecular weight excluding hydrogens is 206 g/mol. The molecule has 1 heteroatoms. The summed E-state index contributed by atoms with van der Waals surface area (Å²) in [6.07, 6.45) is 1.31. The number of rotatable bonds is 4. The molecule has 1 nitrogen and oxygen atoms in total. The van der Waals surface area contributed by atoms with Gasteiger partial charge in [-0.05, 0) is 35.8 Å². The first-order valence-electron chi connectivity index (χ1n) is 6.76. The topological polar surface area (TPSA) is 12.0 Å². The first-order valence-corrected chi connectivity index (χ1v) is 6.76. The van der Waals surface area contributed by atoms with Crippen molar-refractivity contribution in [1.29, 1.82) is 0 Å². The summed E-state index contributed by atoms with van der Waals surface area (Å²) in [5.41, 5.74) is 3.33. The average Bonchev–Trinajstić information content (AvgIpc) is 2.86. The van der Waals surface area contributed by atoms with Gasteiger partial charge in [0.15, 0.2) is 0 Å². The van der Waals surface area contributed by atoms with Crippen LogP contribution in [0, 0.1) is 5.41 Å². The van der Waals surface area contributed by atoms with Gasteiger partial charge in [-0.1, -0.05) is 52.0 Å². The molecule has 1 aliphatic carbocycles. The number of hydrogen-bond acceptors (Lipinski definition) is 1. The summed E-state index contributed by atoms with van der Waals surface area (Å²) in [6, 6.07) is 10.2. The molecule has 0 spiro atoms. The zero-order valence-corrected chi connectivity index (χ0v) is 11.7. The molecule has 1 N–H and O–H groups in total. The first-order chi connectivity index (χ1) is 7.90. The van der Waals surface area contributed by atoms with Gasteiger partial charge >= 0.3 is 0 Å². The van der Waals surface area contributed by atoms with Crippen molar-refractivity contribution in [2.45, 2.75) is 59.0 Å². The Bertz CT molecular complexity index is 375. The van der Waals surface area contributed by atoms with Crippen molar-refractivity contribution in [3.8, 4) is 0 Å². The van der Waals surface area contributed by atoms with Gasteiger partial charge in [0.05, 0.1) is 0 Å². The van der Waals surface area contributed by atoms with Crippen LogP contribution < -0.4 is 5.32 Å². The molecule has 0 bridgehead atoms. The molecule has 1 fully saturated rings. The van der Waals surface area contributed by atoms with E-state index in [2.05, 4.69) is 64.2 Å². The Morgan fingerprint density at radius 2 is 1.53 bits per heavy atom. The van der Waals surface area contributed by atoms with Gasteiger partial charge in [-0.2, -0.15) is 0 Å². The van der Waals surface area contributed by atoms with Crippen LogP contribution in [0.4, 0.5) is 0 Å². The second kappa shape index (κ2) is 4.45. The van der Waals surface area contributed by atoms with E-state index in [1.165, 1.54) is 17.5 Å². The Balaban J connectivity index is 1.97. The van der Waals surface area contributed by atoms with Crippen LogP contribution in [0.15, 0.2) is 24.3 Å². The third-order valence-corrected chi connectivity index (χ3v) is 4.07. The maximum absolute atomic E-state index is 3.71. The van der Waals surface area contributed by atoms with Crippen molar-refractivity contribution in [3.63, 3.8) is 0 Å². The monoisotopic (exact) mass is 231 g/mol. The number of benzene rings is 1. The van der Waals surface area contributed by atoms with Crippen LogP contribution in [0.25, 0.3) is 0 Å². The van der Waals surface area contributed by atoms with E-state index in [-0.39, 0.29) is 0 Å². The van der Waals surface area contributed by atoms with Gasteiger partial charge < -0.3 is 5.32 Å². The highest BCUT2D eigenvalue weighted by atomic mass is 15.0. The van der Waals surface area contributed by atoms with Gasteiger partial charge in [0.2, 0.25) is 0 Å². The van der Waals surface area contributed by atoms with Crippen molar-refractivity contribution in [3.05, 3.63) is 35.4 Å². The highest BCUT2D eigenvalue weighted by Crippen LogP contribution is 2.45. The Hall–Kier alpha value is -0.820. The maximum atomic E-state index is 3.71. The van der Waals surface area contributed by atoms with Crippen LogP contribution in [-0.4, -0.2) is 6.04 Å². The van der Waals surface area contributed by atoms with Gasteiger partial charge in [-0.15, -0.1) is 0 Å². The predicted molar refractivity (Wildman–Crippen MR) is 74.3 cm³/mol. The van der Waals surface area contributed by atoms with Crippen molar-refractivity contribution >= 4 is 0 Å². The molecule has 1 aromatic carbocycles. The predicted octanol–water partition coefficient (Wildman–Crippen LogP) is 4.26. The van der Waals surface area contributed by atoms with E-state index in [0.717, 1.165) is 0 Å². The molecule has 0 amide bonds. The van der Waals surface area contributed by atoms with E-state index in [1.54, 1.807) is 0 Å². The van der Waals surface area contributed by atoms with Gasteiger partial charge in [0.25, 0.3) is 0 Å². The standard InChI is InChI=1S/C16H25N/c1-11(2)13-6-8-14(9-7-13)12(3)17-15-10-16(15,4)5/h6-9,11-12,15,17H,10H2,1-5H3. The Morgan fingerprint density at radius 1 is 1.06 bits per heavy atom. The highest BCUT2D eigenvalue weighted by Gasteiger charge is 2.45. The quantitative estimate of drug-likeness (QED) is 0.816. The van der Waals surface area contributed by atoms with E-state index in [9.17, 15) is 0 Å². The van der Waals surface area contributed by atoms with Crippen LogP contribution in [0.3, 0.4) is 0 Å². The molecule has 0 radical (unpaired) electrons. The lowest BCUT2D eigenvalue weighted by Gasteiger charge is -2.16. The molecular formula is C16H25N. The van der Waals surface area contributed by atoms with E-state index in [1.807, 2.05) is 0 Å². The summed E-state index contributed by atoms with van der Waals surface area (Å²) in [5, 5.41) is 3.71. The van der Waals surface area contributed by atoms with Crippen molar-refractivity contribution < 1.29 is 0 Å². The van der Waals surface area contributed by atoms with Crippen molar-refractivity contribution in [2.24, 2.45) is 5.41 Å². The maximum Gasteiger partial charge on any atom is 0.0294 e. The molecule has 2 atom stereocenters. The van der Waals surface area contributed by atoms with Gasteiger partial charge in [-0.25, -0.2) is 0 Å². The molecule has 2 unspecified atom stereocenters. The molecule has 0 aromatic heterocycles. The van der Waals surface area contributed by atoms with E-state index in [4.69, 9.17) is 0 Å². The van der Waals surface area contributed by atoms with E-state index in [0.29, 0.717) is 23.4 Å². The minimum atomic E-state index is 0.461. The molecule has 1 saturated carbocycles. The molecule has 0 saturated heterocycles. The first kappa shape index (κ1) is 12.6. The minimum absolute atomic E-state index is 0.461. The Labute approximate surface area is 106 Å². The average molecular weight is 231 g/mol. The van der Waals surface area contributed by atoms with Crippen LogP contribution >= 0.6 is 0 Å². The lowest BCUT2D eigenvalue weighted by molar-refractivity contribution is 0.492. The fourth-order valence-corrected chi connectivity index (χ4v) is 2.32. The smallest absolute Gasteiger partial charge is 0.0294 e. The number of nitrogens with one attached hydrogen (secondary N) is 1. The van der Waals surface area contributed by atoms with Crippen molar-refractivity contribution in [2.75, 3.05) is 0 Å². The van der Waals surface area contributed by atoms with Gasteiger partial charge in [0, 0.05) is 12.1 Å². The SMILES string of the molecule is CC(C)c1ccc(C(C)NC2CC2(C)C)cc1. The van der Waals surface area contributed by atoms with Gasteiger partial charge in [-0.3, -0.25) is 0 Å². The van der Waals surface area contributed by atoms with E-state index >= 15 is 0 Å². The summed E-state index contributed by atoms with van der Waals surface area (Å²) in [5.74, 6) is 0.620. The van der Waals surface area contributed by atoms with Crippen LogP contribution in [0.1, 0.15) is 64.1 Å². The Kier molecular flexibility index (Phi) is 3.31. The third-order valence-electron chi connectivity index (χ3n) is 4.07. The molecule has 1 aromatic rings. The summed E-state index contributed by atoms with van der Waals surface area (Å²) in [7, 11) is 0. The molecule has 1 aliphatic rings. The fourth-order valence-electron chi connectivity index (χ4n) is 2.32. The zero-order valence-electron chi connectivity index (χ0n) is 11.7. The summed E-state index contributed by atoms with van der Waals surface area (Å²) >= 11 is 0. The highest BCUT2D eigenvalue weighted by molar-refractivity contribution is 5.27. The summed E-state index contributed by atoms with van der Waals surface area (Å²) in [6.45, 7) is 11.4. The molecule has 2 rings (SSSR count). The second-order valence-electron chi connectivity index (χ2n) is 6.46. The lowest BCUT2D eigenvalue weighted by atomic mass is 9.99. The third kappa shape index (κ3) is 2.90. The normalized spacial score (nSPS) is 23.8. The minimum Gasteiger partial charge on any atom is -0.307 e. The summed E-state index contributed by atoms with van der Waals surface area (Å²) < 4.78 is 0. The molecule has 17 heavy (non-hydrogen) atoms.